The fourth-order valence-electron chi connectivity index (χ4n) is 3.35. The van der Waals surface area contributed by atoms with Crippen molar-refractivity contribution in [2.75, 3.05) is 13.7 Å². The molecule has 0 aromatic carbocycles. The highest BCUT2D eigenvalue weighted by Gasteiger charge is 2.33. The van der Waals surface area contributed by atoms with Crippen LogP contribution in [0, 0.1) is 0 Å². The minimum Gasteiger partial charge on any atom is -0.461 e. The Labute approximate surface area is 148 Å². The van der Waals surface area contributed by atoms with Gasteiger partial charge in [0.05, 0.1) is 12.1 Å². The molecule has 0 aliphatic carbocycles. The zero-order valence-corrected chi connectivity index (χ0v) is 14.8. The predicted octanol–water partition coefficient (Wildman–Crippen LogP) is 3.82. The highest BCUT2D eigenvalue weighted by molar-refractivity contribution is 5.75. The number of methoxy groups -OCH3 is 1. The third kappa shape index (κ3) is 4.02. The van der Waals surface area contributed by atoms with Crippen LogP contribution >= 0.6 is 0 Å². The van der Waals surface area contributed by atoms with E-state index in [0.717, 1.165) is 42.9 Å². The lowest BCUT2D eigenvalue weighted by atomic mass is 10.1. The molecule has 25 heavy (non-hydrogen) atoms. The number of nitrogens with one attached hydrogen (secondary N) is 1. The van der Waals surface area contributed by atoms with Crippen molar-refractivity contribution in [2.24, 2.45) is 0 Å². The minimum absolute atomic E-state index is 0.0134. The Kier molecular flexibility index (Phi) is 5.71. The number of urea groups is 1. The molecule has 0 unspecified atom stereocenters. The monoisotopic (exact) mass is 343 g/mol. The lowest BCUT2D eigenvalue weighted by molar-refractivity contribution is 0.155. The minimum atomic E-state index is -0.0455. The van der Waals surface area contributed by atoms with Crippen molar-refractivity contribution in [2.45, 2.75) is 44.9 Å². The van der Waals surface area contributed by atoms with Gasteiger partial charge in [0.2, 0.25) is 0 Å². The number of aromatic nitrogens is 1. The number of pyridine rings is 1. The number of carbonyl (C=O) groups excluding carboxylic acids is 1. The summed E-state index contributed by atoms with van der Waals surface area (Å²) in [5.74, 6) is 1.62. The number of rotatable bonds is 6. The standard InChI is InChI=1S/C19H25N3O3/c1-3-16(14-8-10-20-11-9-14)21-19(23)22-12-4-5-17(22)18-7-6-15(25-18)13-24-2/h6-11,16-17H,3-5,12-13H2,1-2H3,(H,21,23)/t16-,17-/m1/s1. The quantitative estimate of drug-likeness (QED) is 0.866. The van der Waals surface area contributed by atoms with E-state index in [1.54, 1.807) is 19.5 Å². The highest BCUT2D eigenvalue weighted by Crippen LogP contribution is 2.33. The third-order valence-electron chi connectivity index (χ3n) is 4.63. The Bertz CT molecular complexity index is 686. The second-order valence-electron chi connectivity index (χ2n) is 6.28. The molecule has 6 heteroatoms. The van der Waals surface area contributed by atoms with Crippen molar-refractivity contribution in [3.05, 3.63) is 53.7 Å². The molecule has 0 radical (unpaired) electrons. The van der Waals surface area contributed by atoms with Gasteiger partial charge in [0.15, 0.2) is 0 Å². The first-order chi connectivity index (χ1) is 12.2. The zero-order chi connectivity index (χ0) is 17.6. The number of nitrogens with zero attached hydrogens (tertiary/aromatic N) is 2. The van der Waals surface area contributed by atoms with E-state index in [0.29, 0.717) is 6.61 Å². The molecule has 6 nitrogen and oxygen atoms in total. The van der Waals surface area contributed by atoms with Crippen molar-refractivity contribution in [1.82, 2.24) is 15.2 Å². The molecule has 1 aliphatic heterocycles. The highest BCUT2D eigenvalue weighted by atomic mass is 16.5. The van der Waals surface area contributed by atoms with Crippen LogP contribution in [0.3, 0.4) is 0 Å². The molecule has 134 valence electrons. The van der Waals surface area contributed by atoms with Gasteiger partial charge in [-0.2, -0.15) is 0 Å². The maximum atomic E-state index is 12.8. The normalized spacial score (nSPS) is 18.3. The molecule has 0 bridgehead atoms. The average Bonchev–Trinajstić information content (AvgIpc) is 3.29. The van der Waals surface area contributed by atoms with E-state index in [9.17, 15) is 4.79 Å². The molecule has 3 heterocycles. The van der Waals surface area contributed by atoms with Crippen LogP contribution in [-0.2, 0) is 11.3 Å². The summed E-state index contributed by atoms with van der Waals surface area (Å²) >= 11 is 0. The number of hydrogen-bond acceptors (Lipinski definition) is 4. The predicted molar refractivity (Wildman–Crippen MR) is 93.9 cm³/mol. The van der Waals surface area contributed by atoms with Crippen molar-refractivity contribution in [1.29, 1.82) is 0 Å². The number of carbonyl (C=O) groups is 1. The van der Waals surface area contributed by atoms with Gasteiger partial charge >= 0.3 is 6.03 Å². The van der Waals surface area contributed by atoms with Crippen LogP contribution in [0.1, 0.15) is 55.4 Å². The first-order valence-corrected chi connectivity index (χ1v) is 8.77. The molecule has 1 saturated heterocycles. The molecule has 2 amide bonds. The Morgan fingerprint density at radius 2 is 2.20 bits per heavy atom. The molecule has 1 fully saturated rings. The Balaban J connectivity index is 1.69. The number of ether oxygens (including phenoxy) is 1. The van der Waals surface area contributed by atoms with Gasteiger partial charge in [-0.25, -0.2) is 4.79 Å². The van der Waals surface area contributed by atoms with Gasteiger partial charge in [-0.3, -0.25) is 4.98 Å². The van der Waals surface area contributed by atoms with Gasteiger partial charge in [-0.1, -0.05) is 6.92 Å². The summed E-state index contributed by atoms with van der Waals surface area (Å²) in [4.78, 5) is 18.8. The third-order valence-corrected chi connectivity index (χ3v) is 4.63. The molecule has 1 aliphatic rings. The van der Waals surface area contributed by atoms with Gasteiger partial charge in [0, 0.05) is 26.0 Å². The zero-order valence-electron chi connectivity index (χ0n) is 14.8. The second kappa shape index (κ2) is 8.16. The maximum absolute atomic E-state index is 12.8. The molecular weight excluding hydrogens is 318 g/mol. The van der Waals surface area contributed by atoms with Crippen LogP contribution in [-0.4, -0.2) is 29.6 Å². The molecule has 3 rings (SSSR count). The van der Waals surface area contributed by atoms with Crippen LogP contribution in [0.15, 0.2) is 41.1 Å². The van der Waals surface area contributed by atoms with Crippen molar-refractivity contribution in [3.8, 4) is 0 Å². The van der Waals surface area contributed by atoms with Crippen molar-refractivity contribution in [3.63, 3.8) is 0 Å². The van der Waals surface area contributed by atoms with E-state index in [4.69, 9.17) is 9.15 Å². The molecule has 2 atom stereocenters. The smallest absolute Gasteiger partial charge is 0.318 e. The lowest BCUT2D eigenvalue weighted by Crippen LogP contribution is -2.41. The van der Waals surface area contributed by atoms with Crippen molar-refractivity contribution < 1.29 is 13.9 Å². The van der Waals surface area contributed by atoms with E-state index in [2.05, 4.69) is 17.2 Å². The van der Waals surface area contributed by atoms with Crippen LogP contribution < -0.4 is 5.32 Å². The van der Waals surface area contributed by atoms with Gasteiger partial charge < -0.3 is 19.4 Å². The van der Waals surface area contributed by atoms with Crippen LogP contribution in [0.5, 0.6) is 0 Å². The average molecular weight is 343 g/mol. The largest absolute Gasteiger partial charge is 0.461 e. The van der Waals surface area contributed by atoms with Gasteiger partial charge in [-0.05, 0) is 49.1 Å². The first kappa shape index (κ1) is 17.5. The molecule has 0 spiro atoms. The Morgan fingerprint density at radius 1 is 1.40 bits per heavy atom. The van der Waals surface area contributed by atoms with Crippen LogP contribution in [0.4, 0.5) is 4.79 Å². The number of likely N-dealkylation sites (tertiary alicyclic amines) is 1. The molecule has 2 aromatic heterocycles. The number of amides is 2. The summed E-state index contributed by atoms with van der Waals surface area (Å²) < 4.78 is 11.0. The summed E-state index contributed by atoms with van der Waals surface area (Å²) in [5.41, 5.74) is 1.07. The molecule has 2 aromatic rings. The topological polar surface area (TPSA) is 67.6 Å². The molecular formula is C19H25N3O3. The summed E-state index contributed by atoms with van der Waals surface area (Å²) in [7, 11) is 1.64. The van der Waals surface area contributed by atoms with Crippen molar-refractivity contribution >= 4 is 6.03 Å². The first-order valence-electron chi connectivity index (χ1n) is 8.77. The SMILES string of the molecule is CC[C@@H](NC(=O)N1CCC[C@@H]1c1ccc(COC)o1)c1ccncc1. The van der Waals surface area contributed by atoms with Gasteiger partial charge in [0.25, 0.3) is 0 Å². The number of furan rings is 1. The van der Waals surface area contributed by atoms with Crippen LogP contribution in [0.2, 0.25) is 0 Å². The molecule has 0 saturated carbocycles. The van der Waals surface area contributed by atoms with E-state index in [1.807, 2.05) is 29.2 Å². The van der Waals surface area contributed by atoms with Gasteiger partial charge in [0.1, 0.15) is 18.1 Å². The van der Waals surface area contributed by atoms with E-state index >= 15 is 0 Å². The van der Waals surface area contributed by atoms with E-state index in [1.165, 1.54) is 0 Å². The Morgan fingerprint density at radius 3 is 2.92 bits per heavy atom. The lowest BCUT2D eigenvalue weighted by Gasteiger charge is -2.26. The van der Waals surface area contributed by atoms with Crippen LogP contribution in [0.25, 0.3) is 0 Å². The maximum Gasteiger partial charge on any atom is 0.318 e. The second-order valence-corrected chi connectivity index (χ2v) is 6.28. The number of hydrogen-bond donors (Lipinski definition) is 1. The summed E-state index contributed by atoms with van der Waals surface area (Å²) in [6.45, 7) is 3.25. The molecule has 1 N–H and O–H groups in total. The fourth-order valence-corrected chi connectivity index (χ4v) is 3.35. The Hall–Kier alpha value is -2.34. The fraction of sp³-hybridized carbons (Fsp3) is 0.474. The van der Waals surface area contributed by atoms with E-state index in [-0.39, 0.29) is 18.1 Å². The van der Waals surface area contributed by atoms with E-state index < -0.39 is 0 Å². The van der Waals surface area contributed by atoms with Gasteiger partial charge in [-0.15, -0.1) is 0 Å². The summed E-state index contributed by atoms with van der Waals surface area (Å²) in [5, 5.41) is 3.15. The summed E-state index contributed by atoms with van der Waals surface area (Å²) in [6, 6.07) is 7.68. The summed E-state index contributed by atoms with van der Waals surface area (Å²) in [6.07, 6.45) is 6.23.